The third kappa shape index (κ3) is 3.17. The van der Waals surface area contributed by atoms with Gasteiger partial charge in [-0.25, -0.2) is 0 Å². The van der Waals surface area contributed by atoms with Gasteiger partial charge in [0.05, 0.1) is 18.9 Å². The molecular formula is C20H25NO4. The third-order valence-electron chi connectivity index (χ3n) is 5.89. The number of hydrogen-bond acceptors (Lipinski definition) is 4. The molecule has 3 aliphatic rings. The van der Waals surface area contributed by atoms with Crippen molar-refractivity contribution in [3.05, 3.63) is 35.4 Å². The van der Waals surface area contributed by atoms with Gasteiger partial charge in [-0.05, 0) is 43.2 Å². The molecule has 1 spiro atoms. The molecule has 1 N–H and O–H groups in total. The summed E-state index contributed by atoms with van der Waals surface area (Å²) in [4.78, 5) is 24.7. The van der Waals surface area contributed by atoms with Crippen LogP contribution in [0.3, 0.4) is 0 Å². The second-order valence-electron chi connectivity index (χ2n) is 7.41. The van der Waals surface area contributed by atoms with Crippen LogP contribution in [0.25, 0.3) is 0 Å². The molecule has 2 heterocycles. The highest BCUT2D eigenvalue weighted by molar-refractivity contribution is 5.87. The van der Waals surface area contributed by atoms with Crippen molar-refractivity contribution in [2.24, 2.45) is 5.92 Å². The minimum atomic E-state index is -0.565. The van der Waals surface area contributed by atoms with Crippen LogP contribution in [-0.2, 0) is 25.5 Å². The lowest BCUT2D eigenvalue weighted by Crippen LogP contribution is -2.46. The molecule has 1 aromatic rings. The summed E-state index contributed by atoms with van der Waals surface area (Å²) in [5, 5.41) is 3.03. The highest BCUT2D eigenvalue weighted by Gasteiger charge is 2.52. The SMILES string of the molecule is O=C1C[C@@H](C(=O)NC[C@@H]2OCCc3ccccc32)C2(CCCCC2)O1. The van der Waals surface area contributed by atoms with E-state index in [2.05, 4.69) is 17.4 Å². The van der Waals surface area contributed by atoms with Crippen LogP contribution in [0.2, 0.25) is 0 Å². The number of nitrogens with one attached hydrogen (secondary N) is 1. The van der Waals surface area contributed by atoms with Gasteiger partial charge in [-0.15, -0.1) is 0 Å². The zero-order valence-corrected chi connectivity index (χ0v) is 14.5. The predicted octanol–water partition coefficient (Wildman–Crippen LogP) is 2.68. The minimum Gasteiger partial charge on any atom is -0.458 e. The molecule has 1 amide bonds. The number of ether oxygens (including phenoxy) is 2. The van der Waals surface area contributed by atoms with E-state index >= 15 is 0 Å². The first-order valence-corrected chi connectivity index (χ1v) is 9.37. The number of benzene rings is 1. The standard InChI is InChI=1S/C20H25NO4/c22-18-12-16(20(25-18)9-4-1-5-10-20)19(23)21-13-17-15-7-3-2-6-14(15)8-11-24-17/h2-3,6-7,16-17H,1,4-5,8-13H2,(H,21,23)/t16-,17-/m0/s1. The smallest absolute Gasteiger partial charge is 0.307 e. The molecule has 1 aromatic carbocycles. The zero-order chi connectivity index (χ0) is 17.3. The average molecular weight is 343 g/mol. The Hall–Kier alpha value is -1.88. The largest absolute Gasteiger partial charge is 0.458 e. The Kier molecular flexibility index (Phi) is 4.50. The summed E-state index contributed by atoms with van der Waals surface area (Å²) in [5.41, 5.74) is 1.88. The molecule has 5 nitrogen and oxygen atoms in total. The average Bonchev–Trinajstić information content (AvgIpc) is 2.95. The summed E-state index contributed by atoms with van der Waals surface area (Å²) in [6, 6.07) is 8.22. The van der Waals surface area contributed by atoms with Gasteiger partial charge in [-0.3, -0.25) is 9.59 Å². The molecule has 2 fully saturated rings. The monoisotopic (exact) mass is 343 g/mol. The summed E-state index contributed by atoms with van der Waals surface area (Å²) < 4.78 is 11.5. The maximum atomic E-state index is 12.8. The Labute approximate surface area is 148 Å². The van der Waals surface area contributed by atoms with Crippen molar-refractivity contribution in [3.63, 3.8) is 0 Å². The fraction of sp³-hybridized carbons (Fsp3) is 0.600. The molecule has 2 atom stereocenters. The Morgan fingerprint density at radius 1 is 1.20 bits per heavy atom. The van der Waals surface area contributed by atoms with Gasteiger partial charge in [0.25, 0.3) is 0 Å². The first-order chi connectivity index (χ1) is 12.2. The van der Waals surface area contributed by atoms with Crippen molar-refractivity contribution >= 4 is 11.9 Å². The summed E-state index contributed by atoms with van der Waals surface area (Å²) in [6.45, 7) is 1.11. The second-order valence-corrected chi connectivity index (χ2v) is 7.41. The molecule has 4 rings (SSSR count). The van der Waals surface area contributed by atoms with Crippen molar-refractivity contribution in [3.8, 4) is 0 Å². The minimum absolute atomic E-state index is 0.0700. The number of rotatable bonds is 3. The van der Waals surface area contributed by atoms with Crippen LogP contribution in [0.4, 0.5) is 0 Å². The molecule has 0 aromatic heterocycles. The van der Waals surface area contributed by atoms with Crippen LogP contribution in [0.1, 0.15) is 55.8 Å². The van der Waals surface area contributed by atoms with E-state index in [1.54, 1.807) is 0 Å². The Morgan fingerprint density at radius 2 is 2.00 bits per heavy atom. The van der Waals surface area contributed by atoms with Gasteiger partial charge in [0.15, 0.2) is 0 Å². The van der Waals surface area contributed by atoms with E-state index in [-0.39, 0.29) is 30.3 Å². The quantitative estimate of drug-likeness (QED) is 0.857. The Morgan fingerprint density at radius 3 is 2.84 bits per heavy atom. The lowest BCUT2D eigenvalue weighted by atomic mass is 9.75. The lowest BCUT2D eigenvalue weighted by Gasteiger charge is -2.36. The molecule has 1 saturated carbocycles. The second kappa shape index (κ2) is 6.79. The number of carbonyl (C=O) groups is 2. The molecule has 0 radical (unpaired) electrons. The molecule has 1 aliphatic carbocycles. The first kappa shape index (κ1) is 16.6. The number of hydrogen-bond donors (Lipinski definition) is 1. The molecule has 25 heavy (non-hydrogen) atoms. The van der Waals surface area contributed by atoms with Crippen molar-refractivity contribution in [1.29, 1.82) is 0 Å². The normalized spacial score (nSPS) is 27.6. The van der Waals surface area contributed by atoms with Crippen LogP contribution in [0.5, 0.6) is 0 Å². The van der Waals surface area contributed by atoms with Crippen LogP contribution in [0, 0.1) is 5.92 Å². The van der Waals surface area contributed by atoms with Crippen LogP contribution < -0.4 is 5.32 Å². The van der Waals surface area contributed by atoms with E-state index in [1.807, 2.05) is 12.1 Å². The summed E-state index contributed by atoms with van der Waals surface area (Å²) >= 11 is 0. The van der Waals surface area contributed by atoms with Crippen molar-refractivity contribution in [1.82, 2.24) is 5.32 Å². The fourth-order valence-electron chi connectivity index (χ4n) is 4.59. The number of carbonyl (C=O) groups excluding carboxylic acids is 2. The molecule has 1 saturated heterocycles. The predicted molar refractivity (Wildman–Crippen MR) is 91.9 cm³/mol. The molecule has 134 valence electrons. The molecule has 0 bridgehead atoms. The highest BCUT2D eigenvalue weighted by atomic mass is 16.6. The maximum Gasteiger partial charge on any atom is 0.307 e. The molecule has 2 aliphatic heterocycles. The summed E-state index contributed by atoms with van der Waals surface area (Å²) in [5.74, 6) is -0.667. The molecular weight excluding hydrogens is 318 g/mol. The Bertz CT molecular complexity index is 665. The van der Waals surface area contributed by atoms with Gasteiger partial charge in [0.1, 0.15) is 11.7 Å². The maximum absolute atomic E-state index is 12.8. The first-order valence-electron chi connectivity index (χ1n) is 9.37. The zero-order valence-electron chi connectivity index (χ0n) is 14.5. The number of amides is 1. The fourth-order valence-corrected chi connectivity index (χ4v) is 4.59. The van der Waals surface area contributed by atoms with Crippen LogP contribution in [-0.4, -0.2) is 30.6 Å². The van der Waals surface area contributed by atoms with Crippen molar-refractivity contribution < 1.29 is 19.1 Å². The van der Waals surface area contributed by atoms with E-state index in [9.17, 15) is 9.59 Å². The van der Waals surface area contributed by atoms with Gasteiger partial charge in [-0.1, -0.05) is 30.7 Å². The lowest BCUT2D eigenvalue weighted by molar-refractivity contribution is -0.153. The van der Waals surface area contributed by atoms with Crippen molar-refractivity contribution in [2.75, 3.05) is 13.2 Å². The van der Waals surface area contributed by atoms with E-state index in [0.717, 1.165) is 44.1 Å². The van der Waals surface area contributed by atoms with E-state index in [1.165, 1.54) is 5.56 Å². The molecule has 5 heteroatoms. The topological polar surface area (TPSA) is 64.6 Å². The summed E-state index contributed by atoms with van der Waals surface area (Å²) in [6.07, 6.45) is 5.81. The van der Waals surface area contributed by atoms with E-state index in [0.29, 0.717) is 13.2 Å². The number of esters is 1. The third-order valence-corrected chi connectivity index (χ3v) is 5.89. The van der Waals surface area contributed by atoms with E-state index < -0.39 is 5.60 Å². The van der Waals surface area contributed by atoms with Gasteiger partial charge in [0, 0.05) is 6.54 Å². The van der Waals surface area contributed by atoms with E-state index in [4.69, 9.17) is 9.47 Å². The Balaban J connectivity index is 1.43. The number of fused-ring (bicyclic) bond motifs is 1. The summed E-state index contributed by atoms with van der Waals surface area (Å²) in [7, 11) is 0. The van der Waals surface area contributed by atoms with Crippen LogP contribution in [0.15, 0.2) is 24.3 Å². The van der Waals surface area contributed by atoms with Gasteiger partial charge >= 0.3 is 5.97 Å². The van der Waals surface area contributed by atoms with Gasteiger partial charge in [0.2, 0.25) is 5.91 Å². The molecule has 0 unspecified atom stereocenters. The highest BCUT2D eigenvalue weighted by Crippen LogP contribution is 2.44. The van der Waals surface area contributed by atoms with Gasteiger partial charge < -0.3 is 14.8 Å². The van der Waals surface area contributed by atoms with Crippen molar-refractivity contribution in [2.45, 2.75) is 56.7 Å². The van der Waals surface area contributed by atoms with Gasteiger partial charge in [-0.2, -0.15) is 0 Å². The van der Waals surface area contributed by atoms with Crippen LogP contribution >= 0.6 is 0 Å².